The summed E-state index contributed by atoms with van der Waals surface area (Å²) >= 11 is 0. The molecule has 3 aromatic heterocycles. The molecule has 0 atom stereocenters. The van der Waals surface area contributed by atoms with Gasteiger partial charge in [-0.05, 0) is 24.6 Å². The molecule has 1 aromatic carbocycles. The van der Waals surface area contributed by atoms with Gasteiger partial charge in [0.2, 0.25) is 0 Å². The van der Waals surface area contributed by atoms with E-state index in [9.17, 15) is 0 Å². The van der Waals surface area contributed by atoms with Gasteiger partial charge in [-0.2, -0.15) is 0 Å². The van der Waals surface area contributed by atoms with E-state index >= 15 is 0 Å². The summed E-state index contributed by atoms with van der Waals surface area (Å²) < 4.78 is 2.13. The highest BCUT2D eigenvalue weighted by molar-refractivity contribution is 6.03. The number of hydrogen-bond donors (Lipinski definition) is 0. The molecule has 0 aliphatic heterocycles. The van der Waals surface area contributed by atoms with Gasteiger partial charge in [0.1, 0.15) is 11.5 Å². The summed E-state index contributed by atoms with van der Waals surface area (Å²) in [6.45, 7) is 1.92. The SMILES string of the molecule is Cc1ncc2c(-c3ccccc3)c3ccccn3c2n1. The Morgan fingerprint density at radius 3 is 2.60 bits per heavy atom. The maximum atomic E-state index is 4.60. The highest BCUT2D eigenvalue weighted by Gasteiger charge is 2.14. The van der Waals surface area contributed by atoms with Crippen molar-refractivity contribution >= 4 is 16.6 Å². The molecule has 0 N–H and O–H groups in total. The van der Waals surface area contributed by atoms with Crippen LogP contribution >= 0.6 is 0 Å². The fourth-order valence-electron chi connectivity index (χ4n) is 2.70. The molecule has 0 aliphatic rings. The zero-order valence-corrected chi connectivity index (χ0v) is 11.1. The van der Waals surface area contributed by atoms with Crippen LogP contribution in [-0.2, 0) is 0 Å². The van der Waals surface area contributed by atoms with E-state index in [4.69, 9.17) is 0 Å². The van der Waals surface area contributed by atoms with Crippen LogP contribution in [0.3, 0.4) is 0 Å². The number of nitrogens with zero attached hydrogens (tertiary/aromatic N) is 3. The van der Waals surface area contributed by atoms with Gasteiger partial charge >= 0.3 is 0 Å². The normalized spacial score (nSPS) is 11.2. The average molecular weight is 259 g/mol. The second-order valence-corrected chi connectivity index (χ2v) is 4.85. The maximum Gasteiger partial charge on any atom is 0.148 e. The van der Waals surface area contributed by atoms with Crippen molar-refractivity contribution in [3.05, 3.63) is 66.7 Å². The van der Waals surface area contributed by atoms with E-state index in [0.717, 1.165) is 22.4 Å². The third-order valence-corrected chi connectivity index (χ3v) is 3.57. The minimum absolute atomic E-state index is 0.792. The van der Waals surface area contributed by atoms with Gasteiger partial charge in [0, 0.05) is 23.3 Å². The lowest BCUT2D eigenvalue weighted by molar-refractivity contribution is 1.06. The second kappa shape index (κ2) is 4.17. The van der Waals surface area contributed by atoms with Crippen molar-refractivity contribution in [2.45, 2.75) is 6.92 Å². The quantitative estimate of drug-likeness (QED) is 0.519. The molecule has 3 heteroatoms. The number of rotatable bonds is 1. The van der Waals surface area contributed by atoms with Gasteiger partial charge in [-0.3, -0.25) is 0 Å². The molecule has 4 aromatic rings. The summed E-state index contributed by atoms with van der Waals surface area (Å²) in [6, 6.07) is 16.6. The Balaban J connectivity index is 2.22. The van der Waals surface area contributed by atoms with Crippen LogP contribution in [-0.4, -0.2) is 14.4 Å². The monoisotopic (exact) mass is 259 g/mol. The summed E-state index contributed by atoms with van der Waals surface area (Å²) in [5.41, 5.74) is 4.51. The van der Waals surface area contributed by atoms with E-state index in [1.54, 1.807) is 0 Å². The zero-order chi connectivity index (χ0) is 13.5. The van der Waals surface area contributed by atoms with E-state index in [1.807, 2.05) is 25.3 Å². The second-order valence-electron chi connectivity index (χ2n) is 4.85. The molecule has 0 fully saturated rings. The van der Waals surface area contributed by atoms with Gasteiger partial charge in [0.05, 0.1) is 5.52 Å². The molecule has 96 valence electrons. The van der Waals surface area contributed by atoms with Crippen molar-refractivity contribution in [3.63, 3.8) is 0 Å². The number of hydrogen-bond acceptors (Lipinski definition) is 2. The van der Waals surface area contributed by atoms with Crippen LogP contribution in [0, 0.1) is 6.92 Å². The lowest BCUT2D eigenvalue weighted by Gasteiger charge is -2.00. The first-order valence-corrected chi connectivity index (χ1v) is 6.62. The first-order valence-electron chi connectivity index (χ1n) is 6.62. The van der Waals surface area contributed by atoms with E-state index in [-0.39, 0.29) is 0 Å². The van der Waals surface area contributed by atoms with Crippen LogP contribution in [0.2, 0.25) is 0 Å². The molecule has 0 unspecified atom stereocenters. The Morgan fingerprint density at radius 1 is 0.950 bits per heavy atom. The number of pyridine rings is 1. The topological polar surface area (TPSA) is 30.2 Å². The Labute approximate surface area is 116 Å². The van der Waals surface area contributed by atoms with E-state index in [1.165, 1.54) is 11.1 Å². The molecule has 4 rings (SSSR count). The van der Waals surface area contributed by atoms with Crippen LogP contribution in [0.25, 0.3) is 27.7 Å². The predicted molar refractivity (Wildman–Crippen MR) is 80.7 cm³/mol. The van der Waals surface area contributed by atoms with Gasteiger partial charge < -0.3 is 4.40 Å². The summed E-state index contributed by atoms with van der Waals surface area (Å²) in [5.74, 6) is 0.792. The first-order chi connectivity index (χ1) is 9.84. The fourth-order valence-corrected chi connectivity index (χ4v) is 2.70. The molecule has 20 heavy (non-hydrogen) atoms. The molecule has 0 saturated heterocycles. The summed E-state index contributed by atoms with van der Waals surface area (Å²) in [6.07, 6.45) is 3.98. The largest absolute Gasteiger partial charge is 0.301 e. The van der Waals surface area contributed by atoms with Crippen molar-refractivity contribution in [1.29, 1.82) is 0 Å². The van der Waals surface area contributed by atoms with Gasteiger partial charge in [0.25, 0.3) is 0 Å². The summed E-state index contributed by atoms with van der Waals surface area (Å²) in [5, 5.41) is 1.09. The molecule has 3 heterocycles. The van der Waals surface area contributed by atoms with Crippen molar-refractivity contribution in [2.75, 3.05) is 0 Å². The van der Waals surface area contributed by atoms with Crippen molar-refractivity contribution in [1.82, 2.24) is 14.4 Å². The number of aromatic nitrogens is 3. The molecule has 0 saturated carbocycles. The minimum Gasteiger partial charge on any atom is -0.301 e. The molecule has 0 aliphatic carbocycles. The number of benzene rings is 1. The molecule has 0 spiro atoms. The Morgan fingerprint density at radius 2 is 1.75 bits per heavy atom. The maximum absolute atomic E-state index is 4.60. The smallest absolute Gasteiger partial charge is 0.148 e. The molecule has 0 bridgehead atoms. The van der Waals surface area contributed by atoms with Crippen molar-refractivity contribution < 1.29 is 0 Å². The average Bonchev–Trinajstić information content (AvgIpc) is 2.82. The lowest BCUT2D eigenvalue weighted by atomic mass is 10.0. The van der Waals surface area contributed by atoms with Crippen molar-refractivity contribution in [2.24, 2.45) is 0 Å². The Kier molecular flexibility index (Phi) is 2.33. The van der Waals surface area contributed by atoms with Gasteiger partial charge in [-0.15, -0.1) is 0 Å². The summed E-state index contributed by atoms with van der Waals surface area (Å²) in [4.78, 5) is 8.97. The van der Waals surface area contributed by atoms with Crippen LogP contribution in [0.4, 0.5) is 0 Å². The molecule has 3 nitrogen and oxygen atoms in total. The molecule has 0 radical (unpaired) electrons. The third kappa shape index (κ3) is 1.53. The highest BCUT2D eigenvalue weighted by atomic mass is 15.0. The van der Waals surface area contributed by atoms with E-state index in [2.05, 4.69) is 57.0 Å². The number of fused-ring (bicyclic) bond motifs is 3. The third-order valence-electron chi connectivity index (χ3n) is 3.57. The predicted octanol–water partition coefficient (Wildman–Crippen LogP) is 3.86. The molecule has 0 amide bonds. The van der Waals surface area contributed by atoms with Gasteiger partial charge in [-0.25, -0.2) is 9.97 Å². The van der Waals surface area contributed by atoms with Crippen LogP contribution in [0.15, 0.2) is 60.9 Å². The fraction of sp³-hybridized carbons (Fsp3) is 0.0588. The Hall–Kier alpha value is -2.68. The molecular formula is C17H13N3. The Bertz CT molecular complexity index is 907. The lowest BCUT2D eigenvalue weighted by Crippen LogP contribution is -1.89. The van der Waals surface area contributed by atoms with Crippen LogP contribution < -0.4 is 0 Å². The standard InChI is InChI=1S/C17H13N3/c1-12-18-11-14-16(13-7-3-2-4-8-13)15-9-5-6-10-20(15)17(14)19-12/h2-11H,1H3. The van der Waals surface area contributed by atoms with Gasteiger partial charge in [0.15, 0.2) is 0 Å². The minimum atomic E-state index is 0.792. The number of aryl methyl sites for hydroxylation is 1. The van der Waals surface area contributed by atoms with Gasteiger partial charge in [-0.1, -0.05) is 36.4 Å². The zero-order valence-electron chi connectivity index (χ0n) is 11.1. The molecular weight excluding hydrogens is 246 g/mol. The van der Waals surface area contributed by atoms with E-state index < -0.39 is 0 Å². The first kappa shape index (κ1) is 11.2. The van der Waals surface area contributed by atoms with E-state index in [0.29, 0.717) is 0 Å². The summed E-state index contributed by atoms with van der Waals surface area (Å²) in [7, 11) is 0. The van der Waals surface area contributed by atoms with Crippen molar-refractivity contribution in [3.8, 4) is 11.1 Å². The highest BCUT2D eigenvalue weighted by Crippen LogP contribution is 2.33. The van der Waals surface area contributed by atoms with Crippen LogP contribution in [0.1, 0.15) is 5.82 Å². The van der Waals surface area contributed by atoms with Crippen LogP contribution in [0.5, 0.6) is 0 Å².